The van der Waals surface area contributed by atoms with Gasteiger partial charge in [-0.2, -0.15) is 8.61 Å². The van der Waals surface area contributed by atoms with Crippen LogP contribution in [0.15, 0.2) is 143 Å². The maximum absolute atomic E-state index is 14.9. The summed E-state index contributed by atoms with van der Waals surface area (Å²) in [5, 5.41) is 2.29. The van der Waals surface area contributed by atoms with E-state index in [9.17, 15) is 36.0 Å². The number of amides is 4. The third kappa shape index (κ3) is 15.0. The largest absolute Gasteiger partial charge is 0.413 e. The maximum atomic E-state index is 14.9. The molecule has 0 saturated carbocycles. The lowest BCUT2D eigenvalue weighted by atomic mass is 10.1. The molecule has 2 aliphatic heterocycles. The summed E-state index contributed by atoms with van der Waals surface area (Å²) in [7, 11) is -3.63. The fourth-order valence-electron chi connectivity index (χ4n) is 9.90. The molecular formula is C64H84N6O10S4Si2. The maximum Gasteiger partial charge on any atom is 0.246 e. The molecule has 0 aromatic heterocycles. The molecule has 2 aliphatic rings. The van der Waals surface area contributed by atoms with Gasteiger partial charge in [-0.25, -0.2) is 16.8 Å². The van der Waals surface area contributed by atoms with Crippen molar-refractivity contribution in [2.24, 2.45) is 0 Å². The minimum Gasteiger partial charge on any atom is -0.413 e. The van der Waals surface area contributed by atoms with Gasteiger partial charge in [-0.05, 0) is 130 Å². The second-order valence-corrected chi connectivity index (χ2v) is 42.1. The van der Waals surface area contributed by atoms with E-state index < -0.39 is 71.1 Å². The number of rotatable bonds is 21. The normalized spacial score (nSPS) is 18.3. The summed E-state index contributed by atoms with van der Waals surface area (Å²) >= 11 is 0. The molecule has 0 spiro atoms. The summed E-state index contributed by atoms with van der Waals surface area (Å²) < 4.78 is 74.8. The molecule has 0 unspecified atom stereocenters. The predicted octanol–water partition coefficient (Wildman–Crippen LogP) is 11.6. The Kier molecular flexibility index (Phi) is 20.4. The van der Waals surface area contributed by atoms with Crippen LogP contribution >= 0.6 is 21.6 Å². The van der Waals surface area contributed by atoms with Crippen LogP contribution in [-0.4, -0.2) is 152 Å². The van der Waals surface area contributed by atoms with Crippen LogP contribution in [0.3, 0.4) is 0 Å². The average molecular weight is 1280 g/mol. The van der Waals surface area contributed by atoms with Crippen LogP contribution in [0, 0.1) is 0 Å². The van der Waals surface area contributed by atoms with Gasteiger partial charge in [0, 0.05) is 63.2 Å². The second-order valence-electron chi connectivity index (χ2n) is 25.8. The Labute approximate surface area is 519 Å². The minimum absolute atomic E-state index is 0.0184. The lowest BCUT2D eigenvalue weighted by molar-refractivity contribution is -0.136. The van der Waals surface area contributed by atoms with E-state index in [0.717, 1.165) is 21.9 Å². The molecule has 2 saturated heterocycles. The van der Waals surface area contributed by atoms with Crippen molar-refractivity contribution in [2.75, 3.05) is 64.2 Å². The Bertz CT molecular complexity index is 3450. The molecule has 2 heterocycles. The van der Waals surface area contributed by atoms with Crippen molar-refractivity contribution < 1.29 is 44.9 Å². The monoisotopic (exact) mass is 1280 g/mol. The molecule has 0 aliphatic carbocycles. The van der Waals surface area contributed by atoms with E-state index in [2.05, 4.69) is 67.7 Å². The number of hydrogen-bond donors (Lipinski definition) is 0. The second kappa shape index (κ2) is 26.4. The van der Waals surface area contributed by atoms with Gasteiger partial charge in [0.25, 0.3) is 0 Å². The lowest BCUT2D eigenvalue weighted by Gasteiger charge is -2.36. The number of benzene rings is 6. The molecule has 16 nitrogen and oxygen atoms in total. The predicted molar refractivity (Wildman–Crippen MR) is 354 cm³/mol. The molecule has 6 aromatic rings. The Hall–Kier alpha value is -5.41. The van der Waals surface area contributed by atoms with Crippen molar-refractivity contribution in [1.29, 1.82) is 0 Å². The Morgan fingerprint density at radius 3 is 1.15 bits per heavy atom. The first-order chi connectivity index (χ1) is 40.2. The van der Waals surface area contributed by atoms with Crippen LogP contribution in [0.1, 0.15) is 65.5 Å². The summed E-state index contributed by atoms with van der Waals surface area (Å²) in [5.74, 6) is -1.85. The van der Waals surface area contributed by atoms with Crippen molar-refractivity contribution in [3.8, 4) is 0 Å². The smallest absolute Gasteiger partial charge is 0.246 e. The van der Waals surface area contributed by atoms with Crippen LogP contribution in [0.4, 0.5) is 11.4 Å². The number of sulfonamides is 2. The molecule has 22 heteroatoms. The van der Waals surface area contributed by atoms with Gasteiger partial charge in [-0.15, -0.1) is 0 Å². The van der Waals surface area contributed by atoms with E-state index in [0.29, 0.717) is 35.4 Å². The molecule has 86 heavy (non-hydrogen) atoms. The first-order valence-electron chi connectivity index (χ1n) is 29.0. The topological polar surface area (TPSA) is 174 Å². The quantitative estimate of drug-likeness (QED) is 0.0493. The van der Waals surface area contributed by atoms with Crippen LogP contribution in [-0.2, 0) is 61.3 Å². The molecule has 0 N–H and O–H groups in total. The number of carbonyl (C=O) groups excluding carboxylic acids is 4. The van der Waals surface area contributed by atoms with Crippen LogP contribution in [0.2, 0.25) is 36.3 Å². The number of likely N-dealkylation sites (N-methyl/N-ethyl adjacent to an activating group) is 4. The highest BCUT2D eigenvalue weighted by molar-refractivity contribution is 8.77. The highest BCUT2D eigenvalue weighted by atomic mass is 33.1. The summed E-state index contributed by atoms with van der Waals surface area (Å²) in [6, 6.07) is 37.2. The number of hydrogen-bond acceptors (Lipinski definition) is 12. The van der Waals surface area contributed by atoms with E-state index in [1.165, 1.54) is 76.0 Å². The van der Waals surface area contributed by atoms with Gasteiger partial charge < -0.3 is 28.5 Å². The fraction of sp³-hybridized carbons (Fsp3) is 0.438. The third-order valence-electron chi connectivity index (χ3n) is 17.7. The number of anilines is 2. The zero-order chi connectivity index (χ0) is 62.9. The Balaban J connectivity index is 0.988. The third-order valence-corrected chi connectivity index (χ3v) is 33.7. The van der Waals surface area contributed by atoms with Crippen LogP contribution in [0.25, 0.3) is 21.5 Å². The zero-order valence-electron chi connectivity index (χ0n) is 52.1. The fourth-order valence-corrected chi connectivity index (χ4v) is 18.4. The number of fused-ring (bicyclic) bond motifs is 2. The molecule has 0 bridgehead atoms. The van der Waals surface area contributed by atoms with Gasteiger partial charge in [0.1, 0.15) is 12.1 Å². The number of nitrogens with zero attached hydrogens (tertiary/aromatic N) is 6. The van der Waals surface area contributed by atoms with Gasteiger partial charge in [0.15, 0.2) is 16.6 Å². The van der Waals surface area contributed by atoms with Crippen molar-refractivity contribution in [1.82, 2.24) is 18.4 Å². The Morgan fingerprint density at radius 2 is 0.826 bits per heavy atom. The van der Waals surface area contributed by atoms with Gasteiger partial charge in [0.05, 0.1) is 36.1 Å². The molecule has 4 amide bonds. The van der Waals surface area contributed by atoms with E-state index in [1.807, 2.05) is 97.1 Å². The van der Waals surface area contributed by atoms with Crippen molar-refractivity contribution >= 4 is 115 Å². The molecule has 0 radical (unpaired) electrons. The van der Waals surface area contributed by atoms with E-state index in [-0.39, 0.29) is 70.7 Å². The Morgan fingerprint density at radius 1 is 0.500 bits per heavy atom. The zero-order valence-corrected chi connectivity index (χ0v) is 57.3. The van der Waals surface area contributed by atoms with Crippen molar-refractivity contribution in [3.05, 3.63) is 145 Å². The summed E-state index contributed by atoms with van der Waals surface area (Å²) in [4.78, 5) is 62.8. The lowest BCUT2D eigenvalue weighted by Crippen LogP contribution is -2.49. The van der Waals surface area contributed by atoms with Crippen LogP contribution < -0.4 is 9.80 Å². The van der Waals surface area contributed by atoms with Crippen LogP contribution in [0.5, 0.6) is 0 Å². The molecule has 462 valence electrons. The van der Waals surface area contributed by atoms with Gasteiger partial charge in [0.2, 0.25) is 43.7 Å². The van der Waals surface area contributed by atoms with Crippen molar-refractivity contribution in [2.45, 2.75) is 136 Å². The summed E-state index contributed by atoms with van der Waals surface area (Å²) in [6.45, 7) is 22.0. The van der Waals surface area contributed by atoms with Crippen molar-refractivity contribution in [3.63, 3.8) is 0 Å². The SMILES string of the molecule is CN(CC(=O)N(C)c1ccc(CO[Si](C)(C)C(C)(C)C)cc1)C(=O)[C@@H]1C[C@@H](SS[C@@H]2C[C@@H](C(=O)N(C)CC(=O)N(C)c3ccc(CO[Si](C)(C)C(C)(C)C)cc3)N(S(=O)(=O)c3ccc4ccccc4c3)C2)CN1S(=O)(=O)c1ccc2ccccc2c1. The first kappa shape index (κ1) is 66.5. The molecule has 4 atom stereocenters. The first-order valence-corrected chi connectivity index (χ1v) is 40.0. The van der Waals surface area contributed by atoms with E-state index >= 15 is 0 Å². The van der Waals surface area contributed by atoms with Gasteiger partial charge in [-0.3, -0.25) is 19.2 Å². The highest BCUT2D eigenvalue weighted by Gasteiger charge is 2.49. The van der Waals surface area contributed by atoms with Gasteiger partial charge in [-0.1, -0.05) is 148 Å². The van der Waals surface area contributed by atoms with E-state index in [1.54, 1.807) is 38.4 Å². The summed E-state index contributed by atoms with van der Waals surface area (Å²) in [6.07, 6.45) is 0.187. The average Bonchev–Trinajstić information content (AvgIpc) is 1.71. The minimum atomic E-state index is -4.31. The highest BCUT2D eigenvalue weighted by Crippen LogP contribution is 2.45. The number of carbonyl (C=O) groups is 4. The van der Waals surface area contributed by atoms with E-state index in [4.69, 9.17) is 8.85 Å². The molecule has 2 fully saturated rings. The molecule has 6 aromatic carbocycles. The summed E-state index contributed by atoms with van der Waals surface area (Å²) in [5.41, 5.74) is 3.18. The molecular weight excluding hydrogens is 1200 g/mol. The molecule has 8 rings (SSSR count). The van der Waals surface area contributed by atoms with Gasteiger partial charge >= 0.3 is 0 Å². The standard InChI is InChI=1S/C64H84N6O10S4Si2/c1-63(2,3)85(11,12)79-43-45-23-29-51(30-24-45)67(9)59(71)41-65(7)61(73)57-37-53(39-69(57)83(75,76)55-33-27-47-19-15-17-21-49(47)35-55)81-82-54-38-58(70(40-54)84(77,78)56-34-28-48-20-16-18-22-50(48)36-56)62(74)66(8)42-60(72)68(10)52-31-25-46(26-32-52)44-80-86(13,14)64(4,5)6/h15-36,53-54,57-58H,37-44H2,1-14H3/t53-,54-,57+,58+/m1/s1.